The molecule has 138 valence electrons. The third-order valence-electron chi connectivity index (χ3n) is 2.76. The van der Waals surface area contributed by atoms with Gasteiger partial charge < -0.3 is 20.5 Å². The van der Waals surface area contributed by atoms with E-state index in [-0.39, 0.29) is 36.5 Å². The van der Waals surface area contributed by atoms with Crippen molar-refractivity contribution in [3.63, 3.8) is 0 Å². The lowest BCUT2D eigenvalue weighted by Gasteiger charge is -2.23. The summed E-state index contributed by atoms with van der Waals surface area (Å²) in [6.07, 6.45) is 1.10. The van der Waals surface area contributed by atoms with Crippen LogP contribution in [0.2, 0.25) is 0 Å². The second kappa shape index (κ2) is 9.28. The summed E-state index contributed by atoms with van der Waals surface area (Å²) in [6, 6.07) is 5.23. The molecule has 0 saturated heterocycles. The molecule has 0 spiro atoms. The Morgan fingerprint density at radius 3 is 2.33 bits per heavy atom. The predicted molar refractivity (Wildman–Crippen MR) is 107 cm³/mol. The maximum absolute atomic E-state index is 11.3. The first-order valence-electron chi connectivity index (χ1n) is 6.84. The van der Waals surface area contributed by atoms with Crippen LogP contribution in [0.25, 0.3) is 0 Å². The molecule has 4 N–H and O–H groups in total. The van der Waals surface area contributed by atoms with Gasteiger partial charge >= 0.3 is 0 Å². The molecule has 0 unspecified atom stereocenters. The van der Waals surface area contributed by atoms with Crippen LogP contribution in [0.3, 0.4) is 0 Å². The van der Waals surface area contributed by atoms with E-state index >= 15 is 0 Å². The van der Waals surface area contributed by atoms with E-state index in [0.717, 1.165) is 6.26 Å². The van der Waals surface area contributed by atoms with Crippen LogP contribution in [0.5, 0.6) is 11.5 Å². The Bertz CT molecular complexity index is 677. The van der Waals surface area contributed by atoms with Gasteiger partial charge in [-0.2, -0.15) is 0 Å². The number of methoxy groups -OCH3 is 2. The summed E-state index contributed by atoms with van der Waals surface area (Å²) in [5.41, 5.74) is 5.77. The number of sulfonamides is 1. The number of nitrogens with zero attached hydrogens (tertiary/aromatic N) is 1. The third-order valence-corrected chi connectivity index (χ3v) is 3.69. The Morgan fingerprint density at radius 1 is 1.25 bits per heavy atom. The van der Waals surface area contributed by atoms with Gasteiger partial charge in [-0.1, -0.05) is 0 Å². The number of anilines is 1. The number of ether oxygens (including phenoxy) is 2. The minimum absolute atomic E-state index is 0. The number of hydrogen-bond donors (Lipinski definition) is 3. The number of nitrogens with two attached hydrogens (primary N) is 1. The first kappa shape index (κ1) is 22.7. The Kier molecular flexibility index (Phi) is 8.78. The van der Waals surface area contributed by atoms with Gasteiger partial charge in [-0.05, 0) is 26.0 Å². The molecule has 0 heterocycles. The van der Waals surface area contributed by atoms with Crippen LogP contribution in [0, 0.1) is 0 Å². The molecule has 8 nitrogen and oxygen atoms in total. The lowest BCUT2D eigenvalue weighted by Crippen LogP contribution is -2.45. The zero-order chi connectivity index (χ0) is 17.7. The second-order valence-corrected chi connectivity index (χ2v) is 7.40. The number of benzene rings is 1. The zero-order valence-electron chi connectivity index (χ0n) is 14.4. The van der Waals surface area contributed by atoms with Gasteiger partial charge in [-0.3, -0.25) is 4.99 Å². The maximum atomic E-state index is 11.3. The molecule has 0 aliphatic heterocycles. The van der Waals surface area contributed by atoms with Crippen molar-refractivity contribution in [2.45, 2.75) is 19.4 Å². The van der Waals surface area contributed by atoms with Crippen LogP contribution in [0.1, 0.15) is 13.8 Å². The molecule has 10 heteroatoms. The normalized spacial score (nSPS) is 12.3. The van der Waals surface area contributed by atoms with E-state index in [2.05, 4.69) is 15.0 Å². The summed E-state index contributed by atoms with van der Waals surface area (Å²) in [7, 11) is -0.223. The molecule has 0 radical (unpaired) electrons. The number of hydrogen-bond acceptors (Lipinski definition) is 5. The summed E-state index contributed by atoms with van der Waals surface area (Å²) in [5, 5.41) is 2.92. The Morgan fingerprint density at radius 2 is 1.83 bits per heavy atom. The lowest BCUT2D eigenvalue weighted by molar-refractivity contribution is 0.355. The first-order chi connectivity index (χ1) is 10.6. The van der Waals surface area contributed by atoms with E-state index in [1.54, 1.807) is 46.3 Å². The summed E-state index contributed by atoms with van der Waals surface area (Å²) >= 11 is 0. The van der Waals surface area contributed by atoms with E-state index in [1.807, 2.05) is 0 Å². The van der Waals surface area contributed by atoms with Gasteiger partial charge in [0, 0.05) is 17.3 Å². The van der Waals surface area contributed by atoms with Crippen molar-refractivity contribution >= 4 is 45.6 Å². The van der Waals surface area contributed by atoms with E-state index in [9.17, 15) is 8.42 Å². The average Bonchev–Trinajstić information content (AvgIpc) is 2.42. The fourth-order valence-electron chi connectivity index (χ4n) is 1.92. The van der Waals surface area contributed by atoms with Crippen molar-refractivity contribution in [1.29, 1.82) is 0 Å². The molecule has 0 fully saturated rings. The number of aliphatic imine (C=N–C) groups is 1. The quantitative estimate of drug-likeness (QED) is 0.314. The minimum Gasteiger partial charge on any atom is -0.493 e. The van der Waals surface area contributed by atoms with Crippen molar-refractivity contribution in [1.82, 2.24) is 4.72 Å². The molecule has 1 aromatic rings. The van der Waals surface area contributed by atoms with Gasteiger partial charge in [-0.25, -0.2) is 13.1 Å². The van der Waals surface area contributed by atoms with Gasteiger partial charge in [0.25, 0.3) is 0 Å². The van der Waals surface area contributed by atoms with Crippen molar-refractivity contribution in [2.24, 2.45) is 10.7 Å². The highest BCUT2D eigenvalue weighted by Gasteiger charge is 2.21. The van der Waals surface area contributed by atoms with Crippen molar-refractivity contribution in [3.8, 4) is 11.5 Å². The van der Waals surface area contributed by atoms with Crippen LogP contribution < -0.4 is 25.2 Å². The van der Waals surface area contributed by atoms with Gasteiger partial charge in [0.15, 0.2) is 17.5 Å². The molecule has 0 aliphatic rings. The molecule has 1 rings (SSSR count). The molecule has 1 aromatic carbocycles. The van der Waals surface area contributed by atoms with Gasteiger partial charge in [0.1, 0.15) is 0 Å². The fourth-order valence-corrected chi connectivity index (χ4v) is 2.99. The summed E-state index contributed by atoms with van der Waals surface area (Å²) in [6.45, 7) is 3.63. The monoisotopic (exact) mass is 472 g/mol. The minimum atomic E-state index is -3.32. The number of rotatable bonds is 7. The summed E-state index contributed by atoms with van der Waals surface area (Å²) in [5.74, 6) is 1.33. The van der Waals surface area contributed by atoms with E-state index in [1.165, 1.54) is 0 Å². The molecular formula is C14H25IN4O4S. The van der Waals surface area contributed by atoms with Gasteiger partial charge in [0.05, 0.1) is 27.0 Å². The van der Waals surface area contributed by atoms with Crippen molar-refractivity contribution < 1.29 is 17.9 Å². The maximum Gasteiger partial charge on any atom is 0.209 e. The highest BCUT2D eigenvalue weighted by atomic mass is 127. The Hall–Kier alpha value is -1.27. The molecule has 0 saturated carbocycles. The van der Waals surface area contributed by atoms with Crippen LogP contribution in [-0.2, 0) is 10.0 Å². The van der Waals surface area contributed by atoms with Gasteiger partial charge in [-0.15, -0.1) is 24.0 Å². The van der Waals surface area contributed by atoms with Crippen LogP contribution in [-0.4, -0.2) is 46.9 Å². The highest BCUT2D eigenvalue weighted by Crippen LogP contribution is 2.29. The largest absolute Gasteiger partial charge is 0.493 e. The Labute approximate surface area is 160 Å². The van der Waals surface area contributed by atoms with Gasteiger partial charge in [0.2, 0.25) is 10.0 Å². The lowest BCUT2D eigenvalue weighted by atomic mass is 10.1. The summed E-state index contributed by atoms with van der Waals surface area (Å²) in [4.78, 5) is 4.16. The van der Waals surface area contributed by atoms with E-state index in [0.29, 0.717) is 17.2 Å². The molecule has 0 aromatic heterocycles. The van der Waals surface area contributed by atoms with Crippen LogP contribution in [0.15, 0.2) is 23.2 Å². The Balaban J connectivity index is 0.00000529. The van der Waals surface area contributed by atoms with Crippen LogP contribution in [0.4, 0.5) is 5.69 Å². The fraction of sp³-hybridized carbons (Fsp3) is 0.500. The number of nitrogens with one attached hydrogen (secondary N) is 2. The van der Waals surface area contributed by atoms with E-state index < -0.39 is 15.6 Å². The molecule has 0 aliphatic carbocycles. The van der Waals surface area contributed by atoms with Crippen molar-refractivity contribution in [3.05, 3.63) is 18.2 Å². The molecule has 0 bridgehead atoms. The van der Waals surface area contributed by atoms with Crippen molar-refractivity contribution in [2.75, 3.05) is 32.3 Å². The summed E-state index contributed by atoms with van der Waals surface area (Å²) < 4.78 is 35.4. The van der Waals surface area contributed by atoms with Crippen LogP contribution >= 0.6 is 24.0 Å². The predicted octanol–water partition coefficient (Wildman–Crippen LogP) is 1.38. The molecule has 0 amide bonds. The highest BCUT2D eigenvalue weighted by molar-refractivity contribution is 14.0. The SMILES string of the molecule is COc1ccc(NC(N)=NCC(C)(C)NS(C)(=O)=O)cc1OC.I. The molecule has 0 atom stereocenters. The second-order valence-electron chi connectivity index (χ2n) is 5.65. The van der Waals surface area contributed by atoms with E-state index in [4.69, 9.17) is 15.2 Å². The topological polar surface area (TPSA) is 115 Å². The third kappa shape index (κ3) is 8.02. The number of halogens is 1. The smallest absolute Gasteiger partial charge is 0.209 e. The zero-order valence-corrected chi connectivity index (χ0v) is 17.6. The standard InChI is InChI=1S/C14H24N4O4S.HI/c1-14(2,18-23(5,19)20)9-16-13(15)17-10-6-7-11(21-3)12(8-10)22-4;/h6-8,18H,9H2,1-5H3,(H3,15,16,17);1H. The molecule has 24 heavy (non-hydrogen) atoms. The number of guanidine groups is 1. The average molecular weight is 472 g/mol. The first-order valence-corrected chi connectivity index (χ1v) is 8.73. The molecular weight excluding hydrogens is 447 g/mol.